The molecule has 0 aliphatic heterocycles. The molecule has 1 heterocycles. The van der Waals surface area contributed by atoms with Gasteiger partial charge >= 0.3 is 0 Å². The molecule has 1 fully saturated rings. The molecule has 2 N–H and O–H groups in total. The zero-order valence-corrected chi connectivity index (χ0v) is 12.9. The van der Waals surface area contributed by atoms with Crippen molar-refractivity contribution in [1.29, 1.82) is 0 Å². The van der Waals surface area contributed by atoms with Crippen molar-refractivity contribution in [3.05, 3.63) is 35.5 Å². The second kappa shape index (κ2) is 6.63. The van der Waals surface area contributed by atoms with E-state index in [-0.39, 0.29) is 6.10 Å². The fourth-order valence-corrected chi connectivity index (χ4v) is 3.36. The topological polar surface area (TPSA) is 48.1 Å². The molecule has 21 heavy (non-hydrogen) atoms. The van der Waals surface area contributed by atoms with Crippen molar-refractivity contribution in [3.8, 4) is 5.75 Å². The van der Waals surface area contributed by atoms with Crippen molar-refractivity contribution in [3.63, 3.8) is 0 Å². The number of ether oxygens (including phenoxy) is 1. The first-order valence-corrected chi connectivity index (χ1v) is 8.07. The lowest BCUT2D eigenvalue weighted by Crippen LogP contribution is -2.31. The van der Waals surface area contributed by atoms with Crippen LogP contribution in [0.25, 0.3) is 10.9 Å². The van der Waals surface area contributed by atoms with E-state index >= 15 is 0 Å². The third-order valence-electron chi connectivity index (χ3n) is 4.35. The molecule has 1 aliphatic carbocycles. The standard InChI is InChI=1S/C17H21ClN2O/c18-14-8-9-16(17-13(14)6-4-10-20-17)21-15-7-3-1-2-5-12(15)11-19/h4,6,8-10,12,15H,1-3,5,7,11,19H2. The van der Waals surface area contributed by atoms with Crippen LogP contribution in [-0.4, -0.2) is 17.6 Å². The summed E-state index contributed by atoms with van der Waals surface area (Å²) in [6, 6.07) is 7.68. The summed E-state index contributed by atoms with van der Waals surface area (Å²) < 4.78 is 6.31. The Kier molecular flexibility index (Phi) is 4.61. The lowest BCUT2D eigenvalue weighted by molar-refractivity contribution is 0.131. The van der Waals surface area contributed by atoms with E-state index in [1.807, 2.05) is 24.3 Å². The molecule has 4 heteroatoms. The number of pyridine rings is 1. The number of fused-ring (bicyclic) bond motifs is 1. The quantitative estimate of drug-likeness (QED) is 0.866. The first-order chi connectivity index (χ1) is 10.3. The molecule has 112 valence electrons. The van der Waals surface area contributed by atoms with Gasteiger partial charge in [-0.25, -0.2) is 0 Å². The zero-order valence-electron chi connectivity index (χ0n) is 12.1. The fraction of sp³-hybridized carbons (Fsp3) is 0.471. The minimum Gasteiger partial charge on any atom is -0.488 e. The van der Waals surface area contributed by atoms with Crippen molar-refractivity contribution in [2.75, 3.05) is 6.54 Å². The zero-order chi connectivity index (χ0) is 14.7. The van der Waals surface area contributed by atoms with Gasteiger partial charge < -0.3 is 10.5 Å². The summed E-state index contributed by atoms with van der Waals surface area (Å²) in [7, 11) is 0. The Morgan fingerprint density at radius 2 is 2.05 bits per heavy atom. The van der Waals surface area contributed by atoms with Gasteiger partial charge in [0, 0.05) is 17.5 Å². The summed E-state index contributed by atoms with van der Waals surface area (Å²) in [5.74, 6) is 1.25. The van der Waals surface area contributed by atoms with E-state index in [2.05, 4.69) is 4.98 Å². The number of aromatic nitrogens is 1. The molecule has 3 nitrogen and oxygen atoms in total. The lowest BCUT2D eigenvalue weighted by Gasteiger charge is -2.25. The number of hydrogen-bond donors (Lipinski definition) is 1. The maximum Gasteiger partial charge on any atom is 0.146 e. The SMILES string of the molecule is NCC1CCCCCC1Oc1ccc(Cl)c2cccnc12. The van der Waals surface area contributed by atoms with Gasteiger partial charge in [-0.05, 0) is 50.1 Å². The van der Waals surface area contributed by atoms with E-state index in [1.165, 1.54) is 19.3 Å². The molecule has 0 saturated heterocycles. The summed E-state index contributed by atoms with van der Waals surface area (Å²) in [6.45, 7) is 0.684. The predicted octanol–water partition coefficient (Wildman–Crippen LogP) is 4.17. The summed E-state index contributed by atoms with van der Waals surface area (Å²) in [5.41, 5.74) is 6.77. The highest BCUT2D eigenvalue weighted by Gasteiger charge is 2.25. The van der Waals surface area contributed by atoms with Gasteiger partial charge in [0.2, 0.25) is 0 Å². The van der Waals surface area contributed by atoms with Crippen LogP contribution in [0.1, 0.15) is 32.1 Å². The van der Waals surface area contributed by atoms with Gasteiger partial charge in [0.25, 0.3) is 0 Å². The Balaban J connectivity index is 1.91. The second-order valence-corrected chi connectivity index (χ2v) is 6.14. The van der Waals surface area contributed by atoms with Crippen LogP contribution in [0, 0.1) is 5.92 Å². The number of rotatable bonds is 3. The van der Waals surface area contributed by atoms with Crippen LogP contribution in [-0.2, 0) is 0 Å². The van der Waals surface area contributed by atoms with Gasteiger partial charge in [0.15, 0.2) is 0 Å². The van der Waals surface area contributed by atoms with E-state index in [0.717, 1.165) is 29.5 Å². The van der Waals surface area contributed by atoms with Crippen molar-refractivity contribution < 1.29 is 4.74 Å². The fourth-order valence-electron chi connectivity index (χ4n) is 3.15. The smallest absolute Gasteiger partial charge is 0.146 e. The van der Waals surface area contributed by atoms with Crippen LogP contribution in [0.3, 0.4) is 0 Å². The van der Waals surface area contributed by atoms with Crippen molar-refractivity contribution >= 4 is 22.5 Å². The van der Waals surface area contributed by atoms with Crippen LogP contribution in [0.2, 0.25) is 5.02 Å². The number of benzene rings is 1. The Morgan fingerprint density at radius 3 is 2.90 bits per heavy atom. The highest BCUT2D eigenvalue weighted by atomic mass is 35.5. The van der Waals surface area contributed by atoms with Gasteiger partial charge in [-0.1, -0.05) is 24.4 Å². The van der Waals surface area contributed by atoms with Gasteiger partial charge in [0.05, 0.1) is 5.02 Å². The lowest BCUT2D eigenvalue weighted by atomic mass is 9.97. The molecule has 2 atom stereocenters. The van der Waals surface area contributed by atoms with Gasteiger partial charge in [-0.3, -0.25) is 4.98 Å². The second-order valence-electron chi connectivity index (χ2n) is 5.74. The Morgan fingerprint density at radius 1 is 1.19 bits per heavy atom. The third kappa shape index (κ3) is 3.14. The Bertz CT molecular complexity index is 617. The van der Waals surface area contributed by atoms with Gasteiger partial charge in [0.1, 0.15) is 17.4 Å². The molecule has 1 aromatic heterocycles. The van der Waals surface area contributed by atoms with Crippen LogP contribution >= 0.6 is 11.6 Å². The van der Waals surface area contributed by atoms with E-state index < -0.39 is 0 Å². The molecule has 0 amide bonds. The first kappa shape index (κ1) is 14.6. The average molecular weight is 305 g/mol. The minimum atomic E-state index is 0.184. The molecule has 2 aromatic rings. The van der Waals surface area contributed by atoms with E-state index in [1.54, 1.807) is 6.20 Å². The van der Waals surface area contributed by atoms with Crippen LogP contribution < -0.4 is 10.5 Å². The first-order valence-electron chi connectivity index (χ1n) is 7.69. The summed E-state index contributed by atoms with van der Waals surface area (Å²) >= 11 is 6.24. The highest BCUT2D eigenvalue weighted by molar-refractivity contribution is 6.35. The molecule has 0 spiro atoms. The molecular weight excluding hydrogens is 284 g/mol. The Labute approximate surface area is 130 Å². The van der Waals surface area contributed by atoms with Gasteiger partial charge in [-0.15, -0.1) is 0 Å². The largest absolute Gasteiger partial charge is 0.488 e. The number of nitrogens with zero attached hydrogens (tertiary/aromatic N) is 1. The number of hydrogen-bond acceptors (Lipinski definition) is 3. The summed E-state index contributed by atoms with van der Waals surface area (Å²) in [4.78, 5) is 4.44. The minimum absolute atomic E-state index is 0.184. The van der Waals surface area contributed by atoms with Crippen LogP contribution in [0.15, 0.2) is 30.5 Å². The summed E-state index contributed by atoms with van der Waals surface area (Å²) in [5, 5.41) is 1.65. The molecular formula is C17H21ClN2O. The normalized spacial score (nSPS) is 23.0. The molecule has 0 bridgehead atoms. The summed E-state index contributed by atoms with van der Waals surface area (Å²) in [6.07, 6.45) is 7.92. The van der Waals surface area contributed by atoms with Gasteiger partial charge in [-0.2, -0.15) is 0 Å². The maximum atomic E-state index is 6.31. The molecule has 1 saturated carbocycles. The van der Waals surface area contributed by atoms with Crippen LogP contribution in [0.5, 0.6) is 5.75 Å². The maximum absolute atomic E-state index is 6.31. The van der Waals surface area contributed by atoms with Crippen molar-refractivity contribution in [2.45, 2.75) is 38.2 Å². The average Bonchev–Trinajstić information content (AvgIpc) is 2.75. The van der Waals surface area contributed by atoms with Crippen molar-refractivity contribution in [2.24, 2.45) is 11.7 Å². The molecule has 0 radical (unpaired) electrons. The molecule has 2 unspecified atom stereocenters. The number of nitrogens with two attached hydrogens (primary N) is 1. The highest BCUT2D eigenvalue weighted by Crippen LogP contribution is 2.33. The molecule has 3 rings (SSSR count). The van der Waals surface area contributed by atoms with E-state index in [4.69, 9.17) is 22.1 Å². The van der Waals surface area contributed by atoms with E-state index in [0.29, 0.717) is 17.5 Å². The predicted molar refractivity (Wildman–Crippen MR) is 86.8 cm³/mol. The molecule has 1 aromatic carbocycles. The third-order valence-corrected chi connectivity index (χ3v) is 4.68. The van der Waals surface area contributed by atoms with Crippen LogP contribution in [0.4, 0.5) is 0 Å². The molecule has 1 aliphatic rings. The Hall–Kier alpha value is -1.32. The number of halogens is 1. The van der Waals surface area contributed by atoms with E-state index in [9.17, 15) is 0 Å². The van der Waals surface area contributed by atoms with Crippen molar-refractivity contribution in [1.82, 2.24) is 4.98 Å². The monoisotopic (exact) mass is 304 g/mol.